The second-order valence-corrected chi connectivity index (χ2v) is 3.10. The van der Waals surface area contributed by atoms with E-state index in [1.54, 1.807) is 7.11 Å². The predicted molar refractivity (Wildman–Crippen MR) is 48.6 cm³/mol. The Labute approximate surface area is 82.2 Å². The third kappa shape index (κ3) is 1.84. The van der Waals surface area contributed by atoms with Crippen LogP contribution in [0.3, 0.4) is 0 Å². The van der Waals surface area contributed by atoms with E-state index < -0.39 is 5.60 Å². The summed E-state index contributed by atoms with van der Waals surface area (Å²) in [5.41, 5.74) is -0.462. The van der Waals surface area contributed by atoms with E-state index in [9.17, 15) is 0 Å². The Hall–Kier alpha value is -0.610. The van der Waals surface area contributed by atoms with Crippen LogP contribution in [-0.2, 0) is 10.3 Å². The molecule has 5 heteroatoms. The summed E-state index contributed by atoms with van der Waals surface area (Å²) in [5.74, 6) is 0.519. The first kappa shape index (κ1) is 10.5. The van der Waals surface area contributed by atoms with Crippen molar-refractivity contribution in [2.45, 2.75) is 32.3 Å². The maximum absolute atomic E-state index is 5.54. The van der Waals surface area contributed by atoms with Crippen LogP contribution in [0, 0.1) is 0 Å². The average molecular weight is 205 g/mol. The van der Waals surface area contributed by atoms with Crippen molar-refractivity contribution in [3.8, 4) is 0 Å². The first-order valence-electron chi connectivity index (χ1n) is 4.23. The standard InChI is InChI=1S/C8H13ClN2O2/c1-4-8(5-2,12-3)6-10-7(9)13-11-6/h4-5H2,1-3H3. The maximum atomic E-state index is 5.54. The topological polar surface area (TPSA) is 48.2 Å². The van der Waals surface area contributed by atoms with Gasteiger partial charge in [0.05, 0.1) is 0 Å². The van der Waals surface area contributed by atoms with E-state index in [1.165, 1.54) is 0 Å². The van der Waals surface area contributed by atoms with Gasteiger partial charge < -0.3 is 9.26 Å². The van der Waals surface area contributed by atoms with Gasteiger partial charge in [0.1, 0.15) is 5.60 Å². The molecule has 0 aliphatic carbocycles. The molecular weight excluding hydrogens is 192 g/mol. The maximum Gasteiger partial charge on any atom is 0.320 e. The van der Waals surface area contributed by atoms with Crippen molar-refractivity contribution in [3.63, 3.8) is 0 Å². The van der Waals surface area contributed by atoms with Crippen molar-refractivity contribution in [3.05, 3.63) is 11.2 Å². The summed E-state index contributed by atoms with van der Waals surface area (Å²) >= 11 is 5.54. The van der Waals surface area contributed by atoms with Gasteiger partial charge in [-0.15, -0.1) is 0 Å². The lowest BCUT2D eigenvalue weighted by Crippen LogP contribution is -2.28. The summed E-state index contributed by atoms with van der Waals surface area (Å²) in [7, 11) is 1.64. The first-order valence-corrected chi connectivity index (χ1v) is 4.61. The van der Waals surface area contributed by atoms with Gasteiger partial charge >= 0.3 is 5.35 Å². The van der Waals surface area contributed by atoms with Crippen molar-refractivity contribution in [1.82, 2.24) is 10.1 Å². The number of nitrogens with zero attached hydrogens (tertiary/aromatic N) is 2. The Morgan fingerprint density at radius 3 is 2.38 bits per heavy atom. The van der Waals surface area contributed by atoms with Gasteiger partial charge in [0.2, 0.25) is 5.82 Å². The smallest absolute Gasteiger partial charge is 0.320 e. The van der Waals surface area contributed by atoms with Crippen LogP contribution in [0.15, 0.2) is 4.52 Å². The summed E-state index contributed by atoms with van der Waals surface area (Å²) in [6, 6.07) is 0. The van der Waals surface area contributed by atoms with E-state index in [0.717, 1.165) is 12.8 Å². The zero-order valence-electron chi connectivity index (χ0n) is 8.00. The minimum Gasteiger partial charge on any atom is -0.370 e. The number of ether oxygens (including phenoxy) is 1. The lowest BCUT2D eigenvalue weighted by molar-refractivity contribution is -0.0306. The molecule has 0 saturated carbocycles. The number of halogens is 1. The van der Waals surface area contributed by atoms with Gasteiger partial charge in [-0.25, -0.2) is 0 Å². The summed E-state index contributed by atoms with van der Waals surface area (Å²) < 4.78 is 10.1. The molecule has 1 heterocycles. The Morgan fingerprint density at radius 2 is 2.08 bits per heavy atom. The summed E-state index contributed by atoms with van der Waals surface area (Å²) in [4.78, 5) is 3.96. The van der Waals surface area contributed by atoms with Gasteiger partial charge in [-0.3, -0.25) is 0 Å². The molecule has 1 aromatic rings. The Balaban J connectivity index is 3.00. The van der Waals surface area contributed by atoms with Gasteiger partial charge in [-0.1, -0.05) is 19.0 Å². The molecular formula is C8H13ClN2O2. The van der Waals surface area contributed by atoms with Crippen molar-refractivity contribution in [1.29, 1.82) is 0 Å². The molecule has 0 N–H and O–H groups in total. The molecule has 0 bridgehead atoms. The normalized spacial score (nSPS) is 12.0. The number of methoxy groups -OCH3 is 1. The van der Waals surface area contributed by atoms with Crippen molar-refractivity contribution < 1.29 is 9.26 Å². The van der Waals surface area contributed by atoms with Crippen LogP contribution in [0.25, 0.3) is 0 Å². The van der Waals surface area contributed by atoms with Crippen LogP contribution in [0.1, 0.15) is 32.5 Å². The molecule has 0 unspecified atom stereocenters. The highest BCUT2D eigenvalue weighted by molar-refractivity contribution is 6.27. The average Bonchev–Trinajstić information content (AvgIpc) is 2.57. The zero-order valence-corrected chi connectivity index (χ0v) is 8.76. The second-order valence-electron chi connectivity index (χ2n) is 2.78. The molecule has 0 amide bonds. The minimum atomic E-state index is -0.462. The van der Waals surface area contributed by atoms with E-state index in [4.69, 9.17) is 20.9 Å². The second kappa shape index (κ2) is 4.07. The fraction of sp³-hybridized carbons (Fsp3) is 0.750. The monoisotopic (exact) mass is 204 g/mol. The highest BCUT2D eigenvalue weighted by atomic mass is 35.5. The molecule has 0 aliphatic heterocycles. The Morgan fingerprint density at radius 1 is 1.46 bits per heavy atom. The molecule has 0 atom stereocenters. The molecule has 74 valence electrons. The molecule has 4 nitrogen and oxygen atoms in total. The highest BCUT2D eigenvalue weighted by Crippen LogP contribution is 2.30. The van der Waals surface area contributed by atoms with Crippen LogP contribution in [0.4, 0.5) is 0 Å². The van der Waals surface area contributed by atoms with Gasteiger partial charge in [0.15, 0.2) is 0 Å². The SMILES string of the molecule is CCC(CC)(OC)c1noc(Cl)n1. The van der Waals surface area contributed by atoms with Gasteiger partial charge in [-0.05, 0) is 24.4 Å². The Kier molecular flexibility index (Phi) is 3.27. The largest absolute Gasteiger partial charge is 0.370 e. The van der Waals surface area contributed by atoms with Gasteiger partial charge in [-0.2, -0.15) is 4.98 Å². The molecule has 0 aliphatic rings. The quantitative estimate of drug-likeness (QED) is 0.756. The van der Waals surface area contributed by atoms with Crippen LogP contribution >= 0.6 is 11.6 Å². The third-order valence-corrected chi connectivity index (χ3v) is 2.50. The van der Waals surface area contributed by atoms with Crippen molar-refractivity contribution >= 4 is 11.6 Å². The first-order chi connectivity index (χ1) is 6.18. The lowest BCUT2D eigenvalue weighted by Gasteiger charge is -2.25. The van der Waals surface area contributed by atoms with Crippen LogP contribution in [0.2, 0.25) is 5.35 Å². The number of hydrogen-bond acceptors (Lipinski definition) is 4. The van der Waals surface area contributed by atoms with Crippen molar-refractivity contribution in [2.24, 2.45) is 0 Å². The molecule has 0 aromatic carbocycles. The lowest BCUT2D eigenvalue weighted by atomic mass is 9.96. The summed E-state index contributed by atoms with van der Waals surface area (Å²) in [5, 5.41) is 3.81. The van der Waals surface area contributed by atoms with Crippen LogP contribution in [0.5, 0.6) is 0 Å². The molecule has 0 radical (unpaired) electrons. The number of hydrogen-bond donors (Lipinski definition) is 0. The summed E-state index contributed by atoms with van der Waals surface area (Å²) in [6.45, 7) is 4.02. The molecule has 13 heavy (non-hydrogen) atoms. The predicted octanol–water partition coefficient (Wildman–Crippen LogP) is 2.38. The molecule has 0 spiro atoms. The van der Waals surface area contributed by atoms with E-state index in [1.807, 2.05) is 13.8 Å². The highest BCUT2D eigenvalue weighted by Gasteiger charge is 2.33. The minimum absolute atomic E-state index is 0.0540. The Bertz CT molecular complexity index is 263. The van der Waals surface area contributed by atoms with E-state index in [-0.39, 0.29) is 5.35 Å². The fourth-order valence-electron chi connectivity index (χ4n) is 1.34. The number of rotatable bonds is 4. The van der Waals surface area contributed by atoms with E-state index in [2.05, 4.69) is 10.1 Å². The van der Waals surface area contributed by atoms with Gasteiger partial charge in [0.25, 0.3) is 0 Å². The molecule has 1 rings (SSSR count). The van der Waals surface area contributed by atoms with E-state index in [0.29, 0.717) is 5.82 Å². The van der Waals surface area contributed by atoms with E-state index >= 15 is 0 Å². The van der Waals surface area contributed by atoms with Crippen LogP contribution in [-0.4, -0.2) is 17.3 Å². The fourth-order valence-corrected chi connectivity index (χ4v) is 1.45. The number of aromatic nitrogens is 2. The van der Waals surface area contributed by atoms with Crippen LogP contribution < -0.4 is 0 Å². The molecule has 0 saturated heterocycles. The third-order valence-electron chi connectivity index (χ3n) is 2.34. The zero-order chi connectivity index (χ0) is 9.90. The van der Waals surface area contributed by atoms with Gasteiger partial charge in [0, 0.05) is 7.11 Å². The van der Waals surface area contributed by atoms with Crippen molar-refractivity contribution in [2.75, 3.05) is 7.11 Å². The molecule has 0 fully saturated rings. The molecule has 1 aromatic heterocycles. The summed E-state index contributed by atoms with van der Waals surface area (Å²) in [6.07, 6.45) is 1.58.